The summed E-state index contributed by atoms with van der Waals surface area (Å²) in [5, 5.41) is 8.50. The van der Waals surface area contributed by atoms with Crippen LogP contribution >= 0.6 is 0 Å². The van der Waals surface area contributed by atoms with E-state index in [-0.39, 0.29) is 0 Å². The maximum atomic E-state index is 10.3. The normalized spacial score (nSPS) is 17.9. The van der Waals surface area contributed by atoms with Crippen LogP contribution < -0.4 is 0 Å². The van der Waals surface area contributed by atoms with Crippen LogP contribution in [0.5, 0.6) is 0 Å². The number of nitrogens with zero attached hydrogens (tertiary/aromatic N) is 1. The molecule has 0 aliphatic carbocycles. The molecule has 0 fully saturated rings. The molecule has 0 radical (unpaired) electrons. The summed E-state index contributed by atoms with van der Waals surface area (Å²) in [4.78, 5) is 12.7. The van der Waals surface area contributed by atoms with Gasteiger partial charge in [-0.1, -0.05) is 18.6 Å². The molecule has 3 nitrogen and oxygen atoms in total. The molecule has 0 aromatic heterocycles. The molecule has 0 spiro atoms. The molecule has 0 unspecified atom stereocenters. The highest BCUT2D eigenvalue weighted by Crippen LogP contribution is 2.16. The largest absolute Gasteiger partial charge is 0.481 e. The van der Waals surface area contributed by atoms with Gasteiger partial charge in [0.15, 0.2) is 0 Å². The van der Waals surface area contributed by atoms with Crippen LogP contribution in [0.4, 0.5) is 0 Å². The lowest BCUT2D eigenvalue weighted by molar-refractivity contribution is -0.137. The van der Waals surface area contributed by atoms with Crippen LogP contribution in [-0.2, 0) is 4.79 Å². The van der Waals surface area contributed by atoms with Crippen molar-refractivity contribution >= 4 is 5.97 Å². The van der Waals surface area contributed by atoms with Crippen molar-refractivity contribution in [2.24, 2.45) is 0 Å². The molecule has 14 heavy (non-hydrogen) atoms. The van der Waals surface area contributed by atoms with Crippen LogP contribution in [0.25, 0.3) is 0 Å². The fourth-order valence-corrected chi connectivity index (χ4v) is 1.73. The Kier molecular flexibility index (Phi) is 4.66. The van der Waals surface area contributed by atoms with Gasteiger partial charge in [-0.05, 0) is 25.8 Å². The van der Waals surface area contributed by atoms with Crippen LogP contribution in [0.15, 0.2) is 11.6 Å². The van der Waals surface area contributed by atoms with Crippen molar-refractivity contribution in [2.45, 2.75) is 32.6 Å². The molecule has 1 rings (SSSR count). The lowest BCUT2D eigenvalue weighted by Gasteiger charge is -2.24. The molecule has 80 valence electrons. The number of hydrogen-bond donors (Lipinski definition) is 1. The van der Waals surface area contributed by atoms with E-state index in [9.17, 15) is 4.79 Å². The van der Waals surface area contributed by atoms with Crippen molar-refractivity contribution in [1.29, 1.82) is 0 Å². The average Bonchev–Trinajstić information content (AvgIpc) is 2.18. The summed E-state index contributed by atoms with van der Waals surface area (Å²) in [5.41, 5.74) is 1.44. The summed E-state index contributed by atoms with van der Waals surface area (Å²) in [7, 11) is 0. The van der Waals surface area contributed by atoms with Gasteiger partial charge in [-0.15, -0.1) is 0 Å². The number of carboxylic acids is 1. The SMILES string of the molecule is CCN1CC=C(CCCC(=O)O)CC1. The van der Waals surface area contributed by atoms with Crippen LogP contribution in [0.1, 0.15) is 32.6 Å². The Morgan fingerprint density at radius 2 is 2.43 bits per heavy atom. The Morgan fingerprint density at radius 1 is 1.64 bits per heavy atom. The molecular formula is C11H19NO2. The highest BCUT2D eigenvalue weighted by molar-refractivity contribution is 5.66. The fourth-order valence-electron chi connectivity index (χ4n) is 1.73. The molecule has 0 aromatic rings. The van der Waals surface area contributed by atoms with Crippen LogP contribution in [0.3, 0.4) is 0 Å². The van der Waals surface area contributed by atoms with E-state index in [1.165, 1.54) is 5.57 Å². The second-order valence-corrected chi connectivity index (χ2v) is 3.75. The molecule has 3 heteroatoms. The van der Waals surface area contributed by atoms with Crippen LogP contribution in [0.2, 0.25) is 0 Å². The summed E-state index contributed by atoms with van der Waals surface area (Å²) >= 11 is 0. The van der Waals surface area contributed by atoms with E-state index in [4.69, 9.17) is 5.11 Å². The average molecular weight is 197 g/mol. The van der Waals surface area contributed by atoms with Gasteiger partial charge in [-0.3, -0.25) is 9.69 Å². The Labute approximate surface area is 85.4 Å². The standard InChI is InChI=1S/C11H19NO2/c1-2-12-8-6-10(7-9-12)4-3-5-11(13)14/h6H,2-5,7-9H2,1H3,(H,13,14). The highest BCUT2D eigenvalue weighted by Gasteiger charge is 2.09. The predicted octanol–water partition coefficient (Wildman–Crippen LogP) is 1.89. The number of likely N-dealkylation sites (N-methyl/N-ethyl adjacent to an activating group) is 1. The van der Waals surface area contributed by atoms with Gasteiger partial charge in [0.05, 0.1) is 0 Å². The molecule has 0 aromatic carbocycles. The van der Waals surface area contributed by atoms with E-state index < -0.39 is 5.97 Å². The zero-order chi connectivity index (χ0) is 10.4. The first kappa shape index (κ1) is 11.2. The number of rotatable bonds is 5. The summed E-state index contributed by atoms with van der Waals surface area (Å²) in [6, 6.07) is 0. The lowest BCUT2D eigenvalue weighted by atomic mass is 10.0. The van der Waals surface area contributed by atoms with Crippen molar-refractivity contribution in [2.75, 3.05) is 19.6 Å². The second kappa shape index (κ2) is 5.81. The molecule has 1 aliphatic rings. The third kappa shape index (κ3) is 3.92. The fraction of sp³-hybridized carbons (Fsp3) is 0.727. The van der Waals surface area contributed by atoms with Gasteiger partial charge >= 0.3 is 5.97 Å². The predicted molar refractivity (Wildman–Crippen MR) is 56.3 cm³/mol. The maximum Gasteiger partial charge on any atom is 0.303 e. The van der Waals surface area contributed by atoms with E-state index in [1.54, 1.807) is 0 Å². The van der Waals surface area contributed by atoms with Crippen molar-refractivity contribution in [3.63, 3.8) is 0 Å². The van der Waals surface area contributed by atoms with E-state index in [0.29, 0.717) is 6.42 Å². The van der Waals surface area contributed by atoms with Gasteiger partial charge in [0.1, 0.15) is 0 Å². The minimum Gasteiger partial charge on any atom is -0.481 e. The van der Waals surface area contributed by atoms with Crippen molar-refractivity contribution in [3.8, 4) is 0 Å². The molecule has 0 atom stereocenters. The van der Waals surface area contributed by atoms with E-state index >= 15 is 0 Å². The quantitative estimate of drug-likeness (QED) is 0.684. The third-order valence-electron chi connectivity index (χ3n) is 2.72. The first-order valence-corrected chi connectivity index (χ1v) is 5.34. The number of carboxylic acid groups (broad SMARTS) is 1. The van der Waals surface area contributed by atoms with E-state index in [0.717, 1.165) is 38.9 Å². The molecule has 0 bridgehead atoms. The van der Waals surface area contributed by atoms with Crippen LogP contribution in [0, 0.1) is 0 Å². The highest BCUT2D eigenvalue weighted by atomic mass is 16.4. The number of hydrogen-bond acceptors (Lipinski definition) is 2. The van der Waals surface area contributed by atoms with Gasteiger partial charge < -0.3 is 5.11 Å². The van der Waals surface area contributed by atoms with Gasteiger partial charge in [0.2, 0.25) is 0 Å². The minimum absolute atomic E-state index is 0.300. The Morgan fingerprint density at radius 3 is 2.93 bits per heavy atom. The molecule has 1 heterocycles. The van der Waals surface area contributed by atoms with E-state index in [1.807, 2.05) is 0 Å². The van der Waals surface area contributed by atoms with Gasteiger partial charge in [-0.25, -0.2) is 0 Å². The molecule has 0 saturated heterocycles. The first-order chi connectivity index (χ1) is 6.72. The van der Waals surface area contributed by atoms with Gasteiger partial charge in [-0.2, -0.15) is 0 Å². The maximum absolute atomic E-state index is 10.3. The number of carbonyl (C=O) groups is 1. The molecule has 1 N–H and O–H groups in total. The van der Waals surface area contributed by atoms with Crippen molar-refractivity contribution < 1.29 is 9.90 Å². The van der Waals surface area contributed by atoms with Gasteiger partial charge in [0, 0.05) is 19.5 Å². The summed E-state index contributed by atoms with van der Waals surface area (Å²) in [6.45, 7) is 5.45. The van der Waals surface area contributed by atoms with E-state index in [2.05, 4.69) is 17.9 Å². The Hall–Kier alpha value is -0.830. The Bertz CT molecular complexity index is 223. The summed E-state index contributed by atoms with van der Waals surface area (Å²) in [5.74, 6) is -0.684. The molecule has 0 saturated carbocycles. The zero-order valence-electron chi connectivity index (χ0n) is 8.83. The minimum atomic E-state index is -0.684. The van der Waals surface area contributed by atoms with Crippen LogP contribution in [-0.4, -0.2) is 35.6 Å². The summed E-state index contributed by atoms with van der Waals surface area (Å²) < 4.78 is 0. The zero-order valence-corrected chi connectivity index (χ0v) is 8.83. The topological polar surface area (TPSA) is 40.5 Å². The summed E-state index contributed by atoms with van der Waals surface area (Å²) in [6.07, 6.45) is 5.42. The molecule has 1 aliphatic heterocycles. The molecule has 0 amide bonds. The van der Waals surface area contributed by atoms with Crippen molar-refractivity contribution in [3.05, 3.63) is 11.6 Å². The second-order valence-electron chi connectivity index (χ2n) is 3.75. The lowest BCUT2D eigenvalue weighted by Crippen LogP contribution is -2.28. The van der Waals surface area contributed by atoms with Gasteiger partial charge in [0.25, 0.3) is 0 Å². The third-order valence-corrected chi connectivity index (χ3v) is 2.72. The first-order valence-electron chi connectivity index (χ1n) is 5.34. The molecular weight excluding hydrogens is 178 g/mol. The van der Waals surface area contributed by atoms with Crippen molar-refractivity contribution in [1.82, 2.24) is 4.90 Å². The Balaban J connectivity index is 2.20. The number of aliphatic carboxylic acids is 1. The smallest absolute Gasteiger partial charge is 0.303 e. The monoisotopic (exact) mass is 197 g/mol.